The van der Waals surface area contributed by atoms with E-state index in [-0.39, 0.29) is 0 Å². The van der Waals surface area contributed by atoms with E-state index in [4.69, 9.17) is 0 Å². The highest BCUT2D eigenvalue weighted by Gasteiger charge is 1.84. The van der Waals surface area contributed by atoms with E-state index in [0.717, 1.165) is 6.34 Å². The minimum absolute atomic E-state index is 0.768. The van der Waals surface area contributed by atoms with Crippen LogP contribution in [0.3, 0.4) is 0 Å². The molecule has 0 aliphatic carbocycles. The highest BCUT2D eigenvalue weighted by Crippen LogP contribution is 1.53. The van der Waals surface area contributed by atoms with Crippen LogP contribution in [0.25, 0.3) is 0 Å². The van der Waals surface area contributed by atoms with Gasteiger partial charge >= 0.3 is 12.1 Å². The number of hydrogen-bond acceptors (Lipinski definition) is 3. The average Bonchev–Trinajstić information content (AvgIpc) is 1.85. The number of carbonyl (C=O) groups excluding carboxylic acids is 2. The van der Waals surface area contributed by atoms with Crippen LogP contribution in [0.15, 0.2) is 5.10 Å². The van der Waals surface area contributed by atoms with Gasteiger partial charge in [0.2, 0.25) is 0 Å². The highest BCUT2D eigenvalue weighted by atomic mass is 16.2. The van der Waals surface area contributed by atoms with Gasteiger partial charge in [0.15, 0.2) is 0 Å². The summed E-state index contributed by atoms with van der Waals surface area (Å²) in [5, 5.41) is 3.21. The van der Waals surface area contributed by atoms with Gasteiger partial charge in [-0.1, -0.05) is 0 Å². The van der Waals surface area contributed by atoms with Crippen LogP contribution in [-0.4, -0.2) is 18.4 Å². The summed E-state index contributed by atoms with van der Waals surface area (Å²) in [6, 6.07) is -1.57. The molecule has 0 aliphatic rings. The number of nitrogens with zero attached hydrogens (tertiary/aromatic N) is 1. The van der Waals surface area contributed by atoms with Gasteiger partial charge in [0, 0.05) is 0 Å². The maximum atomic E-state index is 9.97. The normalized spacial score (nSPS) is 9.09. The minimum atomic E-state index is -0.804. The predicted octanol–water partition coefficient (Wildman–Crippen LogP) is -2.23. The van der Waals surface area contributed by atoms with Crippen molar-refractivity contribution in [3.63, 3.8) is 0 Å². The Kier molecular flexibility index (Phi) is 3.97. The standard InChI is InChI=1S/C3H8N6O2/c4-2(10)8-6-1-7-9-3(5)11/h1H,(H,6,7)(H3,4,8,10)(H3,5,9,11). The quantitative estimate of drug-likeness (QED) is 0.181. The number of urea groups is 2. The third-order valence-corrected chi connectivity index (χ3v) is 0.499. The fourth-order valence-electron chi connectivity index (χ4n) is 0.232. The molecule has 0 radical (unpaired) electrons. The molecule has 0 atom stereocenters. The molecule has 0 saturated carbocycles. The van der Waals surface area contributed by atoms with Gasteiger partial charge in [0.25, 0.3) is 0 Å². The lowest BCUT2D eigenvalue weighted by Crippen LogP contribution is -2.40. The lowest BCUT2D eigenvalue weighted by molar-refractivity contribution is 0.247. The van der Waals surface area contributed by atoms with E-state index < -0.39 is 12.1 Å². The van der Waals surface area contributed by atoms with Crippen molar-refractivity contribution in [2.24, 2.45) is 16.6 Å². The van der Waals surface area contributed by atoms with Crippen LogP contribution < -0.4 is 27.7 Å². The number of hydrazone groups is 1. The Labute approximate surface area is 62.0 Å². The first-order valence-corrected chi connectivity index (χ1v) is 2.51. The topological polar surface area (TPSA) is 135 Å². The third kappa shape index (κ3) is 8.01. The Morgan fingerprint density at radius 2 is 1.91 bits per heavy atom. The summed E-state index contributed by atoms with van der Waals surface area (Å²) in [5.41, 5.74) is 15.3. The molecule has 0 saturated heterocycles. The minimum Gasteiger partial charge on any atom is -0.350 e. The fourth-order valence-corrected chi connectivity index (χ4v) is 0.232. The molecule has 4 amide bonds. The summed E-state index contributed by atoms with van der Waals surface area (Å²) in [6.45, 7) is 0. The summed E-state index contributed by atoms with van der Waals surface area (Å²) < 4.78 is 0. The van der Waals surface area contributed by atoms with E-state index in [1.807, 2.05) is 10.9 Å². The number of nitrogens with one attached hydrogen (secondary N) is 3. The van der Waals surface area contributed by atoms with Gasteiger partial charge < -0.3 is 11.5 Å². The van der Waals surface area contributed by atoms with Gasteiger partial charge in [0.1, 0.15) is 6.34 Å². The molecule has 0 fully saturated rings. The first-order valence-electron chi connectivity index (χ1n) is 2.51. The Hall–Kier alpha value is -1.99. The first-order chi connectivity index (χ1) is 5.13. The molecule has 8 nitrogen and oxygen atoms in total. The Morgan fingerprint density at radius 3 is 2.36 bits per heavy atom. The molecule has 0 aliphatic heterocycles. The lowest BCUT2D eigenvalue weighted by atomic mass is 11.1. The molecular weight excluding hydrogens is 152 g/mol. The lowest BCUT2D eigenvalue weighted by Gasteiger charge is -1.96. The van der Waals surface area contributed by atoms with Gasteiger partial charge in [-0.15, -0.1) is 0 Å². The molecule has 0 bridgehead atoms. The molecule has 62 valence electrons. The van der Waals surface area contributed by atoms with Crippen molar-refractivity contribution in [2.75, 3.05) is 0 Å². The summed E-state index contributed by atoms with van der Waals surface area (Å²) in [6.07, 6.45) is 0.996. The van der Waals surface area contributed by atoms with Crippen LogP contribution in [0.5, 0.6) is 0 Å². The Morgan fingerprint density at radius 1 is 1.27 bits per heavy atom. The largest absolute Gasteiger partial charge is 0.350 e. The second-order valence-corrected chi connectivity index (χ2v) is 1.37. The van der Waals surface area contributed by atoms with Crippen molar-refractivity contribution in [2.45, 2.75) is 0 Å². The summed E-state index contributed by atoms with van der Waals surface area (Å²) in [5.74, 6) is 0. The molecule has 0 aromatic heterocycles. The zero-order chi connectivity index (χ0) is 8.69. The second-order valence-electron chi connectivity index (χ2n) is 1.37. The highest BCUT2D eigenvalue weighted by molar-refractivity contribution is 5.74. The van der Waals surface area contributed by atoms with E-state index in [1.54, 1.807) is 0 Å². The predicted molar refractivity (Wildman–Crippen MR) is 37.1 cm³/mol. The van der Waals surface area contributed by atoms with Crippen LogP contribution >= 0.6 is 0 Å². The smallest absolute Gasteiger partial charge is 0.332 e. The van der Waals surface area contributed by atoms with E-state index in [2.05, 4.69) is 22.0 Å². The van der Waals surface area contributed by atoms with Gasteiger partial charge in [0.05, 0.1) is 0 Å². The van der Waals surface area contributed by atoms with Crippen LogP contribution in [-0.2, 0) is 0 Å². The Balaban J connectivity index is 3.30. The summed E-state index contributed by atoms with van der Waals surface area (Å²) in [4.78, 5) is 19.9. The molecular formula is C3H8N6O2. The fraction of sp³-hybridized carbons (Fsp3) is 0. The van der Waals surface area contributed by atoms with Crippen molar-refractivity contribution in [1.82, 2.24) is 16.3 Å². The molecule has 7 N–H and O–H groups in total. The maximum absolute atomic E-state index is 9.97. The van der Waals surface area contributed by atoms with Crippen molar-refractivity contribution >= 4 is 18.4 Å². The van der Waals surface area contributed by atoms with Gasteiger partial charge in [-0.2, -0.15) is 5.10 Å². The van der Waals surface area contributed by atoms with Crippen LogP contribution in [0, 0.1) is 0 Å². The molecule has 0 heterocycles. The molecule has 0 unspecified atom stereocenters. The third-order valence-electron chi connectivity index (χ3n) is 0.499. The monoisotopic (exact) mass is 160 g/mol. The van der Waals surface area contributed by atoms with E-state index in [0.29, 0.717) is 0 Å². The van der Waals surface area contributed by atoms with Crippen LogP contribution in [0.4, 0.5) is 9.59 Å². The zero-order valence-corrected chi connectivity index (χ0v) is 5.50. The molecule has 11 heavy (non-hydrogen) atoms. The van der Waals surface area contributed by atoms with E-state index >= 15 is 0 Å². The number of nitrogens with two attached hydrogens (primary N) is 2. The van der Waals surface area contributed by atoms with Crippen LogP contribution in [0.2, 0.25) is 0 Å². The van der Waals surface area contributed by atoms with Crippen LogP contribution in [0.1, 0.15) is 0 Å². The van der Waals surface area contributed by atoms with Crippen molar-refractivity contribution in [3.05, 3.63) is 0 Å². The molecule has 0 aromatic carbocycles. The number of amides is 4. The van der Waals surface area contributed by atoms with E-state index in [1.165, 1.54) is 0 Å². The van der Waals surface area contributed by atoms with Gasteiger partial charge in [-0.3, -0.25) is 10.9 Å². The van der Waals surface area contributed by atoms with Crippen molar-refractivity contribution in [3.8, 4) is 0 Å². The molecule has 0 aromatic rings. The number of carbonyl (C=O) groups is 2. The molecule has 0 rings (SSSR count). The number of rotatable bonds is 3. The van der Waals surface area contributed by atoms with Crippen molar-refractivity contribution < 1.29 is 9.59 Å². The first kappa shape index (κ1) is 9.01. The number of hydrazine groups is 1. The SMILES string of the molecule is NC(=O)NN=CNNC(N)=O. The molecule has 0 spiro atoms. The zero-order valence-electron chi connectivity index (χ0n) is 5.50. The number of hydrogen-bond donors (Lipinski definition) is 5. The van der Waals surface area contributed by atoms with Gasteiger partial charge in [-0.25, -0.2) is 15.0 Å². The summed E-state index contributed by atoms with van der Waals surface area (Å²) >= 11 is 0. The average molecular weight is 160 g/mol. The summed E-state index contributed by atoms with van der Waals surface area (Å²) in [7, 11) is 0. The number of primary amides is 2. The van der Waals surface area contributed by atoms with Gasteiger partial charge in [-0.05, 0) is 0 Å². The second kappa shape index (κ2) is 4.85. The van der Waals surface area contributed by atoms with E-state index in [9.17, 15) is 9.59 Å². The van der Waals surface area contributed by atoms with Crippen molar-refractivity contribution in [1.29, 1.82) is 0 Å². The Bertz CT molecular complexity index is 177. The molecule has 8 heteroatoms. The maximum Gasteiger partial charge on any atom is 0.332 e.